The Morgan fingerprint density at radius 1 is 1.12 bits per heavy atom. The SMILES string of the molecule is COc1ccc(C=CC(=O)N(C)c2cccc(C#N)c2)cc1OC. The molecule has 5 heteroatoms. The molecule has 0 N–H and O–H groups in total. The van der Waals surface area contributed by atoms with Crippen molar-refractivity contribution in [3.05, 3.63) is 59.7 Å². The second kappa shape index (κ2) is 7.84. The normalized spacial score (nSPS) is 10.2. The zero-order chi connectivity index (χ0) is 17.5. The first-order valence-electron chi connectivity index (χ1n) is 7.27. The number of carbonyl (C=O) groups is 1. The van der Waals surface area contributed by atoms with Gasteiger partial charge in [-0.2, -0.15) is 5.26 Å². The van der Waals surface area contributed by atoms with E-state index in [0.717, 1.165) is 5.56 Å². The van der Waals surface area contributed by atoms with Crippen molar-refractivity contribution in [1.29, 1.82) is 5.26 Å². The lowest BCUT2D eigenvalue weighted by atomic mass is 10.1. The van der Waals surface area contributed by atoms with Crippen molar-refractivity contribution in [2.45, 2.75) is 0 Å². The summed E-state index contributed by atoms with van der Waals surface area (Å²) in [5, 5.41) is 8.94. The number of carbonyl (C=O) groups excluding carboxylic acids is 1. The van der Waals surface area contributed by atoms with Gasteiger partial charge in [0.25, 0.3) is 5.91 Å². The molecule has 0 atom stereocenters. The summed E-state index contributed by atoms with van der Waals surface area (Å²) >= 11 is 0. The number of ether oxygens (including phenoxy) is 2. The van der Waals surface area contributed by atoms with Crippen LogP contribution in [0, 0.1) is 11.3 Å². The Bertz CT molecular complexity index is 806. The lowest BCUT2D eigenvalue weighted by Crippen LogP contribution is -2.23. The molecular weight excluding hydrogens is 304 g/mol. The first kappa shape index (κ1) is 17.1. The Hall–Kier alpha value is -3.26. The molecule has 0 aliphatic heterocycles. The molecule has 0 saturated heterocycles. The van der Waals surface area contributed by atoms with E-state index in [2.05, 4.69) is 6.07 Å². The molecule has 24 heavy (non-hydrogen) atoms. The monoisotopic (exact) mass is 322 g/mol. The molecule has 2 aromatic carbocycles. The molecule has 0 unspecified atom stereocenters. The van der Waals surface area contributed by atoms with E-state index in [4.69, 9.17) is 14.7 Å². The van der Waals surface area contributed by atoms with Crippen molar-refractivity contribution in [2.24, 2.45) is 0 Å². The van der Waals surface area contributed by atoms with Crippen molar-refractivity contribution < 1.29 is 14.3 Å². The Labute approximate surface area is 141 Å². The van der Waals surface area contributed by atoms with Crippen molar-refractivity contribution in [2.75, 3.05) is 26.2 Å². The van der Waals surface area contributed by atoms with Crippen LogP contribution < -0.4 is 14.4 Å². The topological polar surface area (TPSA) is 62.6 Å². The quantitative estimate of drug-likeness (QED) is 0.793. The van der Waals surface area contributed by atoms with Crippen LogP contribution in [-0.4, -0.2) is 27.2 Å². The number of anilines is 1. The van der Waals surface area contributed by atoms with E-state index < -0.39 is 0 Å². The molecule has 0 radical (unpaired) electrons. The summed E-state index contributed by atoms with van der Waals surface area (Å²) in [5.41, 5.74) is 1.99. The van der Waals surface area contributed by atoms with Gasteiger partial charge < -0.3 is 14.4 Å². The van der Waals surface area contributed by atoms with Gasteiger partial charge in [-0.3, -0.25) is 4.79 Å². The third kappa shape index (κ3) is 3.93. The molecule has 2 rings (SSSR count). The van der Waals surface area contributed by atoms with Gasteiger partial charge in [-0.05, 0) is 42.0 Å². The molecule has 0 aliphatic carbocycles. The highest BCUT2D eigenvalue weighted by atomic mass is 16.5. The Balaban J connectivity index is 2.16. The van der Waals surface area contributed by atoms with E-state index in [1.807, 2.05) is 6.07 Å². The van der Waals surface area contributed by atoms with Gasteiger partial charge in [0.05, 0.1) is 25.9 Å². The van der Waals surface area contributed by atoms with Crippen LogP contribution in [0.1, 0.15) is 11.1 Å². The third-order valence-corrected chi connectivity index (χ3v) is 3.52. The molecular formula is C19H18N2O3. The maximum atomic E-state index is 12.3. The molecule has 0 fully saturated rings. The van der Waals surface area contributed by atoms with Crippen molar-refractivity contribution in [3.63, 3.8) is 0 Å². The molecule has 1 amide bonds. The average Bonchev–Trinajstić information content (AvgIpc) is 2.65. The molecule has 0 aliphatic rings. The van der Waals surface area contributed by atoms with E-state index in [1.54, 1.807) is 63.7 Å². The summed E-state index contributed by atoms with van der Waals surface area (Å²) in [6.45, 7) is 0. The van der Waals surface area contributed by atoms with E-state index in [9.17, 15) is 4.79 Å². The van der Waals surface area contributed by atoms with Crippen LogP contribution in [0.5, 0.6) is 11.5 Å². The average molecular weight is 322 g/mol. The van der Waals surface area contributed by atoms with Gasteiger partial charge in [0.2, 0.25) is 0 Å². The number of amides is 1. The van der Waals surface area contributed by atoms with Crippen LogP contribution in [-0.2, 0) is 4.79 Å². The van der Waals surface area contributed by atoms with Crippen molar-refractivity contribution in [1.82, 2.24) is 0 Å². The van der Waals surface area contributed by atoms with Crippen LogP contribution in [0.3, 0.4) is 0 Å². The molecule has 122 valence electrons. The summed E-state index contributed by atoms with van der Waals surface area (Å²) < 4.78 is 10.4. The Morgan fingerprint density at radius 2 is 1.88 bits per heavy atom. The second-order valence-corrected chi connectivity index (χ2v) is 5.01. The minimum Gasteiger partial charge on any atom is -0.493 e. The molecule has 2 aromatic rings. The fourth-order valence-corrected chi connectivity index (χ4v) is 2.15. The number of nitrogens with zero attached hydrogens (tertiary/aromatic N) is 2. The van der Waals surface area contributed by atoms with Crippen molar-refractivity contribution in [3.8, 4) is 17.6 Å². The number of likely N-dealkylation sites (N-methyl/N-ethyl adjacent to an activating group) is 1. The van der Waals surface area contributed by atoms with Crippen LogP contribution in [0.4, 0.5) is 5.69 Å². The highest BCUT2D eigenvalue weighted by Crippen LogP contribution is 2.28. The number of hydrogen-bond acceptors (Lipinski definition) is 4. The van der Waals surface area contributed by atoms with E-state index >= 15 is 0 Å². The lowest BCUT2D eigenvalue weighted by Gasteiger charge is -2.15. The minimum absolute atomic E-state index is 0.195. The molecule has 0 aromatic heterocycles. The van der Waals surface area contributed by atoms with Gasteiger partial charge in [-0.15, -0.1) is 0 Å². The third-order valence-electron chi connectivity index (χ3n) is 3.52. The maximum Gasteiger partial charge on any atom is 0.250 e. The molecule has 0 saturated carbocycles. The summed E-state index contributed by atoms with van der Waals surface area (Å²) in [6.07, 6.45) is 3.18. The van der Waals surface area contributed by atoms with Gasteiger partial charge in [0.1, 0.15) is 0 Å². The molecule has 0 spiro atoms. The number of rotatable bonds is 5. The van der Waals surface area contributed by atoms with Gasteiger partial charge in [-0.1, -0.05) is 12.1 Å². The lowest BCUT2D eigenvalue weighted by molar-refractivity contribution is -0.113. The van der Waals surface area contributed by atoms with Gasteiger partial charge in [-0.25, -0.2) is 0 Å². The van der Waals surface area contributed by atoms with Crippen LogP contribution >= 0.6 is 0 Å². The smallest absolute Gasteiger partial charge is 0.250 e. The molecule has 0 heterocycles. The Morgan fingerprint density at radius 3 is 2.54 bits per heavy atom. The van der Waals surface area contributed by atoms with Crippen LogP contribution in [0.15, 0.2) is 48.5 Å². The summed E-state index contributed by atoms with van der Waals surface area (Å²) in [4.78, 5) is 13.8. The first-order chi connectivity index (χ1) is 11.6. The largest absolute Gasteiger partial charge is 0.493 e. The standard InChI is InChI=1S/C19H18N2O3/c1-21(16-6-4-5-15(11-16)13-20)19(22)10-8-14-7-9-17(23-2)18(12-14)24-3/h4-12H,1-3H3. The zero-order valence-electron chi connectivity index (χ0n) is 13.8. The number of benzene rings is 2. The first-order valence-corrected chi connectivity index (χ1v) is 7.27. The number of hydrogen-bond donors (Lipinski definition) is 0. The second-order valence-electron chi connectivity index (χ2n) is 5.01. The maximum absolute atomic E-state index is 12.3. The summed E-state index contributed by atoms with van der Waals surface area (Å²) in [5.74, 6) is 1.04. The number of nitriles is 1. The van der Waals surface area contributed by atoms with Gasteiger partial charge in [0, 0.05) is 18.8 Å². The van der Waals surface area contributed by atoms with E-state index in [-0.39, 0.29) is 5.91 Å². The summed E-state index contributed by atoms with van der Waals surface area (Å²) in [6, 6.07) is 14.4. The van der Waals surface area contributed by atoms with Crippen molar-refractivity contribution >= 4 is 17.7 Å². The molecule has 0 bridgehead atoms. The van der Waals surface area contributed by atoms with Gasteiger partial charge in [0.15, 0.2) is 11.5 Å². The minimum atomic E-state index is -0.195. The van der Waals surface area contributed by atoms with Crippen LogP contribution in [0.2, 0.25) is 0 Å². The predicted octanol–water partition coefficient (Wildman–Crippen LogP) is 3.25. The summed E-state index contributed by atoms with van der Waals surface area (Å²) in [7, 11) is 4.80. The number of methoxy groups -OCH3 is 2. The predicted molar refractivity (Wildman–Crippen MR) is 93.1 cm³/mol. The van der Waals surface area contributed by atoms with Crippen LogP contribution in [0.25, 0.3) is 6.08 Å². The van der Waals surface area contributed by atoms with E-state index in [0.29, 0.717) is 22.7 Å². The fraction of sp³-hybridized carbons (Fsp3) is 0.158. The fourth-order valence-electron chi connectivity index (χ4n) is 2.15. The molecule has 5 nitrogen and oxygen atoms in total. The van der Waals surface area contributed by atoms with E-state index in [1.165, 1.54) is 11.0 Å². The highest BCUT2D eigenvalue weighted by molar-refractivity contribution is 6.03. The highest BCUT2D eigenvalue weighted by Gasteiger charge is 2.09. The Kier molecular flexibility index (Phi) is 5.58. The van der Waals surface area contributed by atoms with Gasteiger partial charge >= 0.3 is 0 Å². The zero-order valence-corrected chi connectivity index (χ0v) is 13.8.